The summed E-state index contributed by atoms with van der Waals surface area (Å²) in [5.41, 5.74) is 1.71. The molecule has 2 aromatic rings. The van der Waals surface area contributed by atoms with Gasteiger partial charge in [-0.1, -0.05) is 24.3 Å². The lowest BCUT2D eigenvalue weighted by Gasteiger charge is -2.02. The Balaban J connectivity index is 1.77. The molecule has 0 fully saturated rings. The molecular formula is C17H15F2NO. The Morgan fingerprint density at radius 1 is 0.952 bits per heavy atom. The van der Waals surface area contributed by atoms with E-state index in [9.17, 15) is 13.6 Å². The molecule has 0 saturated heterocycles. The monoisotopic (exact) mass is 287 g/mol. The van der Waals surface area contributed by atoms with Gasteiger partial charge in [-0.05, 0) is 47.9 Å². The average Bonchev–Trinajstić information content (AvgIpc) is 2.49. The van der Waals surface area contributed by atoms with Crippen LogP contribution in [0.15, 0.2) is 54.6 Å². The van der Waals surface area contributed by atoms with Gasteiger partial charge in [0.05, 0.1) is 0 Å². The fourth-order valence-electron chi connectivity index (χ4n) is 1.79. The van der Waals surface area contributed by atoms with Crippen LogP contribution in [-0.2, 0) is 11.2 Å². The summed E-state index contributed by atoms with van der Waals surface area (Å²) in [6, 6.07) is 12.0. The van der Waals surface area contributed by atoms with Crippen molar-refractivity contribution >= 4 is 12.0 Å². The van der Waals surface area contributed by atoms with Gasteiger partial charge in [0.2, 0.25) is 5.91 Å². The lowest BCUT2D eigenvalue weighted by Crippen LogP contribution is -2.23. The van der Waals surface area contributed by atoms with E-state index in [2.05, 4.69) is 5.32 Å². The molecule has 0 aliphatic rings. The van der Waals surface area contributed by atoms with E-state index < -0.39 is 0 Å². The summed E-state index contributed by atoms with van der Waals surface area (Å²) in [6.45, 7) is 0.470. The van der Waals surface area contributed by atoms with Gasteiger partial charge in [-0.3, -0.25) is 4.79 Å². The maximum atomic E-state index is 12.7. The number of carbonyl (C=O) groups excluding carboxylic acids is 1. The number of rotatable bonds is 5. The van der Waals surface area contributed by atoms with E-state index in [-0.39, 0.29) is 17.5 Å². The van der Waals surface area contributed by atoms with Gasteiger partial charge < -0.3 is 5.32 Å². The summed E-state index contributed by atoms with van der Waals surface area (Å²) >= 11 is 0. The smallest absolute Gasteiger partial charge is 0.244 e. The topological polar surface area (TPSA) is 29.1 Å². The minimum absolute atomic E-state index is 0.221. The molecule has 0 aliphatic carbocycles. The largest absolute Gasteiger partial charge is 0.352 e. The minimum Gasteiger partial charge on any atom is -0.352 e. The van der Waals surface area contributed by atoms with Crippen molar-refractivity contribution in [3.8, 4) is 0 Å². The Bertz CT molecular complexity index is 618. The maximum absolute atomic E-state index is 12.7. The third-order valence-electron chi connectivity index (χ3n) is 2.92. The number of halogens is 2. The van der Waals surface area contributed by atoms with Gasteiger partial charge in [0, 0.05) is 12.6 Å². The SMILES string of the molecule is O=C(/C=C/c1ccc(F)cc1)NCCc1ccc(F)cc1. The summed E-state index contributed by atoms with van der Waals surface area (Å²) in [5.74, 6) is -0.803. The van der Waals surface area contributed by atoms with E-state index in [1.807, 2.05) is 0 Å². The third kappa shape index (κ3) is 5.18. The van der Waals surface area contributed by atoms with Crippen molar-refractivity contribution in [3.63, 3.8) is 0 Å². The molecule has 4 heteroatoms. The lowest BCUT2D eigenvalue weighted by molar-refractivity contribution is -0.116. The van der Waals surface area contributed by atoms with Gasteiger partial charge in [-0.2, -0.15) is 0 Å². The van der Waals surface area contributed by atoms with E-state index in [1.54, 1.807) is 30.3 Å². The maximum Gasteiger partial charge on any atom is 0.244 e. The average molecular weight is 287 g/mol. The molecular weight excluding hydrogens is 272 g/mol. The summed E-state index contributed by atoms with van der Waals surface area (Å²) in [5, 5.41) is 2.73. The lowest BCUT2D eigenvalue weighted by atomic mass is 10.1. The standard InChI is InChI=1S/C17H15F2NO/c18-15-6-1-13(2-7-15)5-10-17(21)20-12-11-14-3-8-16(19)9-4-14/h1-10H,11-12H2,(H,20,21)/b10-5+. The van der Waals surface area contributed by atoms with Crippen molar-refractivity contribution in [1.82, 2.24) is 5.32 Å². The molecule has 2 rings (SSSR count). The normalized spacial score (nSPS) is 10.8. The van der Waals surface area contributed by atoms with Gasteiger partial charge in [-0.25, -0.2) is 8.78 Å². The molecule has 0 aliphatic heterocycles. The Hall–Kier alpha value is -2.49. The number of amides is 1. The van der Waals surface area contributed by atoms with E-state index >= 15 is 0 Å². The first-order valence-electron chi connectivity index (χ1n) is 6.59. The molecule has 108 valence electrons. The summed E-state index contributed by atoms with van der Waals surface area (Å²) in [4.78, 5) is 11.6. The summed E-state index contributed by atoms with van der Waals surface area (Å²) < 4.78 is 25.4. The first-order chi connectivity index (χ1) is 10.1. The van der Waals surface area contributed by atoms with Crippen molar-refractivity contribution < 1.29 is 13.6 Å². The number of carbonyl (C=O) groups is 1. The molecule has 0 aromatic heterocycles. The molecule has 0 unspecified atom stereocenters. The zero-order valence-corrected chi connectivity index (χ0v) is 11.4. The van der Waals surface area contributed by atoms with Crippen molar-refractivity contribution in [2.24, 2.45) is 0 Å². The van der Waals surface area contributed by atoms with Crippen LogP contribution < -0.4 is 5.32 Å². The van der Waals surface area contributed by atoms with Gasteiger partial charge >= 0.3 is 0 Å². The number of benzene rings is 2. The van der Waals surface area contributed by atoms with Crippen LogP contribution in [0.2, 0.25) is 0 Å². The first-order valence-corrected chi connectivity index (χ1v) is 6.59. The highest BCUT2D eigenvalue weighted by Crippen LogP contribution is 2.05. The predicted molar refractivity (Wildman–Crippen MR) is 78.5 cm³/mol. The molecule has 2 aromatic carbocycles. The highest BCUT2D eigenvalue weighted by Gasteiger charge is 1.97. The van der Waals surface area contributed by atoms with E-state index in [0.717, 1.165) is 11.1 Å². The minimum atomic E-state index is -0.309. The van der Waals surface area contributed by atoms with Gasteiger partial charge in [0.1, 0.15) is 11.6 Å². The molecule has 2 nitrogen and oxygen atoms in total. The summed E-state index contributed by atoms with van der Waals surface area (Å²) in [7, 11) is 0. The molecule has 1 N–H and O–H groups in total. The Morgan fingerprint density at radius 2 is 1.52 bits per heavy atom. The second-order valence-electron chi connectivity index (χ2n) is 4.55. The fourth-order valence-corrected chi connectivity index (χ4v) is 1.79. The summed E-state index contributed by atoms with van der Waals surface area (Å²) in [6.07, 6.45) is 3.65. The van der Waals surface area contributed by atoms with Crippen LogP contribution in [0.1, 0.15) is 11.1 Å². The second kappa shape index (κ2) is 7.33. The van der Waals surface area contributed by atoms with Crippen LogP contribution in [-0.4, -0.2) is 12.5 Å². The Labute approximate surface area is 122 Å². The van der Waals surface area contributed by atoms with Gasteiger partial charge in [0.15, 0.2) is 0 Å². The van der Waals surface area contributed by atoms with Crippen LogP contribution in [0, 0.1) is 11.6 Å². The van der Waals surface area contributed by atoms with Crippen LogP contribution in [0.4, 0.5) is 8.78 Å². The molecule has 0 radical (unpaired) electrons. The van der Waals surface area contributed by atoms with E-state index in [1.165, 1.54) is 30.3 Å². The molecule has 0 spiro atoms. The third-order valence-corrected chi connectivity index (χ3v) is 2.92. The molecule has 0 heterocycles. The van der Waals surface area contributed by atoms with E-state index in [0.29, 0.717) is 13.0 Å². The fraction of sp³-hybridized carbons (Fsp3) is 0.118. The van der Waals surface area contributed by atoms with Crippen molar-refractivity contribution in [3.05, 3.63) is 77.4 Å². The second-order valence-corrected chi connectivity index (χ2v) is 4.55. The molecule has 1 amide bonds. The molecule has 21 heavy (non-hydrogen) atoms. The Morgan fingerprint density at radius 3 is 2.14 bits per heavy atom. The number of hydrogen-bond acceptors (Lipinski definition) is 1. The van der Waals surface area contributed by atoms with Crippen LogP contribution >= 0.6 is 0 Å². The van der Waals surface area contributed by atoms with Gasteiger partial charge in [-0.15, -0.1) is 0 Å². The van der Waals surface area contributed by atoms with Crippen molar-refractivity contribution in [2.75, 3.05) is 6.54 Å². The Kier molecular flexibility index (Phi) is 5.21. The van der Waals surface area contributed by atoms with Crippen molar-refractivity contribution in [1.29, 1.82) is 0 Å². The van der Waals surface area contributed by atoms with Gasteiger partial charge in [0.25, 0.3) is 0 Å². The highest BCUT2D eigenvalue weighted by molar-refractivity contribution is 5.91. The van der Waals surface area contributed by atoms with Crippen LogP contribution in [0.3, 0.4) is 0 Å². The first kappa shape index (κ1) is 14.9. The zero-order valence-electron chi connectivity index (χ0n) is 11.4. The molecule has 0 atom stereocenters. The predicted octanol–water partition coefficient (Wildman–Crippen LogP) is 3.34. The quantitative estimate of drug-likeness (QED) is 0.840. The molecule has 0 bridgehead atoms. The number of hydrogen-bond donors (Lipinski definition) is 1. The van der Waals surface area contributed by atoms with Crippen LogP contribution in [0.5, 0.6) is 0 Å². The zero-order chi connectivity index (χ0) is 15.1. The van der Waals surface area contributed by atoms with E-state index in [4.69, 9.17) is 0 Å². The van der Waals surface area contributed by atoms with Crippen LogP contribution in [0.25, 0.3) is 6.08 Å². The number of nitrogens with one attached hydrogen (secondary N) is 1. The van der Waals surface area contributed by atoms with Crippen molar-refractivity contribution in [2.45, 2.75) is 6.42 Å². The highest BCUT2D eigenvalue weighted by atomic mass is 19.1. The molecule has 0 saturated carbocycles.